The van der Waals surface area contributed by atoms with Gasteiger partial charge in [-0.15, -0.1) is 11.3 Å². The van der Waals surface area contributed by atoms with E-state index in [9.17, 15) is 14.7 Å². The van der Waals surface area contributed by atoms with E-state index in [0.717, 1.165) is 21.3 Å². The van der Waals surface area contributed by atoms with Crippen LogP contribution in [0.4, 0.5) is 0 Å². The Bertz CT molecular complexity index is 997. The first kappa shape index (κ1) is 18.0. The first-order chi connectivity index (χ1) is 13.0. The van der Waals surface area contributed by atoms with Gasteiger partial charge in [-0.1, -0.05) is 35.9 Å². The number of H-pyrrole nitrogens is 1. The second kappa shape index (κ2) is 6.99. The van der Waals surface area contributed by atoms with Gasteiger partial charge in [-0.25, -0.2) is 0 Å². The van der Waals surface area contributed by atoms with Crippen LogP contribution in [0, 0.1) is 0 Å². The normalized spacial score (nSPS) is 18.5. The lowest BCUT2D eigenvalue weighted by Gasteiger charge is -2.30. The van der Waals surface area contributed by atoms with Crippen LogP contribution in [0.2, 0.25) is 4.34 Å². The van der Waals surface area contributed by atoms with E-state index in [1.165, 1.54) is 16.2 Å². The van der Waals surface area contributed by atoms with Crippen LogP contribution in [-0.2, 0) is 11.2 Å². The highest BCUT2D eigenvalue weighted by molar-refractivity contribution is 7.22. The SMILES string of the molecule is CN(C(=O)CO)[C@@H]1c2ccccc2C[C@H]1NC(=O)c1cc2cc(Cl)sc2[nH]1. The monoisotopic (exact) mass is 403 g/mol. The van der Waals surface area contributed by atoms with E-state index in [2.05, 4.69) is 10.3 Å². The van der Waals surface area contributed by atoms with Gasteiger partial charge in [0.1, 0.15) is 17.1 Å². The highest BCUT2D eigenvalue weighted by Gasteiger charge is 2.37. The number of fused-ring (bicyclic) bond motifs is 2. The van der Waals surface area contributed by atoms with Crippen LogP contribution < -0.4 is 5.32 Å². The molecule has 3 aromatic rings. The van der Waals surface area contributed by atoms with Gasteiger partial charge in [-0.3, -0.25) is 9.59 Å². The standard InChI is InChI=1S/C19H18ClN3O3S/c1-23(16(25)9-24)17-12-5-3-2-4-10(12)6-13(17)21-18(26)14-7-11-8-15(20)27-19(11)22-14/h2-5,7-8,13,17,22,24H,6,9H2,1H3,(H,21,26)/t13-,17-/m1/s1. The minimum atomic E-state index is -0.566. The third-order valence-electron chi connectivity index (χ3n) is 4.98. The number of rotatable bonds is 4. The number of nitrogens with one attached hydrogen (secondary N) is 2. The van der Waals surface area contributed by atoms with Crippen LogP contribution in [0.15, 0.2) is 36.4 Å². The molecule has 27 heavy (non-hydrogen) atoms. The number of carbonyl (C=O) groups excluding carboxylic acids is 2. The van der Waals surface area contributed by atoms with Crippen molar-refractivity contribution in [1.29, 1.82) is 0 Å². The van der Waals surface area contributed by atoms with Crippen LogP contribution in [-0.4, -0.2) is 46.5 Å². The summed E-state index contributed by atoms with van der Waals surface area (Å²) in [5, 5.41) is 13.2. The van der Waals surface area contributed by atoms with Crippen LogP contribution in [0.25, 0.3) is 10.2 Å². The number of benzene rings is 1. The average Bonchev–Trinajstić information content (AvgIpc) is 3.30. The molecule has 0 bridgehead atoms. The Morgan fingerprint density at radius 1 is 1.37 bits per heavy atom. The number of aliphatic hydroxyl groups is 1. The molecular weight excluding hydrogens is 386 g/mol. The molecule has 140 valence electrons. The molecule has 0 saturated heterocycles. The third-order valence-corrected chi connectivity index (χ3v) is 6.18. The second-order valence-electron chi connectivity index (χ2n) is 6.61. The maximum atomic E-state index is 12.8. The maximum absolute atomic E-state index is 12.8. The number of likely N-dealkylation sites (N-methyl/N-ethyl adjacent to an activating group) is 1. The molecule has 4 rings (SSSR count). The van der Waals surface area contributed by atoms with E-state index in [-0.39, 0.29) is 23.9 Å². The van der Waals surface area contributed by atoms with Gasteiger partial charge in [0.25, 0.3) is 5.91 Å². The molecule has 1 aliphatic rings. The minimum Gasteiger partial charge on any atom is -0.387 e. The van der Waals surface area contributed by atoms with Crippen LogP contribution in [0.3, 0.4) is 0 Å². The summed E-state index contributed by atoms with van der Waals surface area (Å²) in [6, 6.07) is 10.8. The molecule has 1 aromatic carbocycles. The highest BCUT2D eigenvalue weighted by Crippen LogP contribution is 2.36. The predicted octanol–water partition coefficient (Wildman–Crippen LogP) is 2.73. The van der Waals surface area contributed by atoms with Crippen molar-refractivity contribution < 1.29 is 14.7 Å². The molecule has 0 aliphatic heterocycles. The highest BCUT2D eigenvalue weighted by atomic mass is 35.5. The van der Waals surface area contributed by atoms with Gasteiger partial charge < -0.3 is 20.3 Å². The van der Waals surface area contributed by atoms with Gasteiger partial charge in [-0.2, -0.15) is 0 Å². The van der Waals surface area contributed by atoms with Crippen molar-refractivity contribution in [3.05, 3.63) is 57.6 Å². The van der Waals surface area contributed by atoms with Crippen molar-refractivity contribution in [3.63, 3.8) is 0 Å². The first-order valence-electron chi connectivity index (χ1n) is 8.51. The summed E-state index contributed by atoms with van der Waals surface area (Å²) in [5.41, 5.74) is 2.54. The van der Waals surface area contributed by atoms with Crippen molar-refractivity contribution in [2.24, 2.45) is 0 Å². The fourth-order valence-electron chi connectivity index (χ4n) is 3.71. The number of hydrogen-bond acceptors (Lipinski definition) is 4. The summed E-state index contributed by atoms with van der Waals surface area (Å²) in [7, 11) is 1.65. The van der Waals surface area contributed by atoms with Crippen LogP contribution >= 0.6 is 22.9 Å². The molecule has 8 heteroatoms. The number of aromatic nitrogens is 1. The molecule has 6 nitrogen and oxygen atoms in total. The van der Waals surface area contributed by atoms with Crippen molar-refractivity contribution in [2.75, 3.05) is 13.7 Å². The minimum absolute atomic E-state index is 0.234. The fraction of sp³-hybridized carbons (Fsp3) is 0.263. The Balaban J connectivity index is 1.60. The predicted molar refractivity (Wildman–Crippen MR) is 105 cm³/mol. The quantitative estimate of drug-likeness (QED) is 0.626. The van der Waals surface area contributed by atoms with E-state index in [0.29, 0.717) is 16.5 Å². The Kier molecular flexibility index (Phi) is 4.67. The van der Waals surface area contributed by atoms with E-state index >= 15 is 0 Å². The van der Waals surface area contributed by atoms with Crippen molar-refractivity contribution in [3.8, 4) is 0 Å². The molecule has 0 radical (unpaired) electrons. The number of aromatic amines is 1. The summed E-state index contributed by atoms with van der Waals surface area (Å²) >= 11 is 7.37. The molecule has 1 aliphatic carbocycles. The molecule has 2 heterocycles. The summed E-state index contributed by atoms with van der Waals surface area (Å²) in [6.45, 7) is -0.566. The Morgan fingerprint density at radius 2 is 2.15 bits per heavy atom. The van der Waals surface area contributed by atoms with E-state index < -0.39 is 6.61 Å². The van der Waals surface area contributed by atoms with Crippen LogP contribution in [0.1, 0.15) is 27.7 Å². The molecule has 0 spiro atoms. The lowest BCUT2D eigenvalue weighted by molar-refractivity contribution is -0.135. The van der Waals surface area contributed by atoms with Gasteiger partial charge in [0.2, 0.25) is 5.91 Å². The molecule has 0 saturated carbocycles. The summed E-state index contributed by atoms with van der Waals surface area (Å²) in [6.07, 6.45) is 0.622. The number of hydrogen-bond donors (Lipinski definition) is 3. The lowest BCUT2D eigenvalue weighted by Crippen LogP contribution is -2.45. The molecule has 2 aromatic heterocycles. The van der Waals surface area contributed by atoms with Crippen molar-refractivity contribution in [1.82, 2.24) is 15.2 Å². The Morgan fingerprint density at radius 3 is 2.89 bits per heavy atom. The molecular formula is C19H18ClN3O3S. The first-order valence-corrected chi connectivity index (χ1v) is 9.70. The van der Waals surface area contributed by atoms with Gasteiger partial charge in [0.05, 0.1) is 16.4 Å². The third kappa shape index (κ3) is 3.22. The van der Waals surface area contributed by atoms with E-state index in [1.54, 1.807) is 13.1 Å². The molecule has 0 unspecified atom stereocenters. The summed E-state index contributed by atoms with van der Waals surface area (Å²) < 4.78 is 0.665. The zero-order valence-electron chi connectivity index (χ0n) is 14.5. The lowest BCUT2D eigenvalue weighted by atomic mass is 10.1. The van der Waals surface area contributed by atoms with Crippen molar-refractivity contribution >= 4 is 45.0 Å². The van der Waals surface area contributed by atoms with Gasteiger partial charge in [0.15, 0.2) is 0 Å². The van der Waals surface area contributed by atoms with Crippen molar-refractivity contribution in [2.45, 2.75) is 18.5 Å². The van der Waals surface area contributed by atoms with E-state index in [1.807, 2.05) is 30.3 Å². The Labute approximate surface area is 164 Å². The number of aliphatic hydroxyl groups excluding tert-OH is 1. The maximum Gasteiger partial charge on any atom is 0.268 e. The van der Waals surface area contributed by atoms with Gasteiger partial charge in [0, 0.05) is 12.4 Å². The second-order valence-corrected chi connectivity index (χ2v) is 8.29. The smallest absolute Gasteiger partial charge is 0.268 e. The number of carbonyl (C=O) groups is 2. The molecule has 0 fully saturated rings. The average molecular weight is 404 g/mol. The Hall–Kier alpha value is -2.35. The molecule has 2 atom stereocenters. The summed E-state index contributed by atoms with van der Waals surface area (Å²) in [4.78, 5) is 30.3. The zero-order valence-corrected chi connectivity index (χ0v) is 16.1. The number of nitrogens with zero attached hydrogens (tertiary/aromatic N) is 1. The molecule has 2 amide bonds. The largest absolute Gasteiger partial charge is 0.387 e. The fourth-order valence-corrected chi connectivity index (χ4v) is 4.84. The van der Waals surface area contributed by atoms with Gasteiger partial charge in [-0.05, 0) is 29.7 Å². The number of amides is 2. The zero-order chi connectivity index (χ0) is 19.1. The topological polar surface area (TPSA) is 85.4 Å². The van der Waals surface area contributed by atoms with Crippen LogP contribution in [0.5, 0.6) is 0 Å². The number of thiophene rings is 1. The summed E-state index contributed by atoms with van der Waals surface area (Å²) in [5.74, 6) is -0.617. The van der Waals surface area contributed by atoms with E-state index in [4.69, 9.17) is 11.6 Å². The van der Waals surface area contributed by atoms with Gasteiger partial charge >= 0.3 is 0 Å². The molecule has 3 N–H and O–H groups in total. The number of halogens is 1.